The molecule has 2 unspecified atom stereocenters. The molecule has 2 aromatic rings. The molecule has 0 heterocycles. The molecule has 0 spiro atoms. The molecule has 3 aliphatic carbocycles. The molecule has 0 saturated heterocycles. The summed E-state index contributed by atoms with van der Waals surface area (Å²) in [6, 6.07) is 7.02. The number of benzene rings is 2. The van der Waals surface area contributed by atoms with Gasteiger partial charge in [-0.05, 0) is 67.2 Å². The van der Waals surface area contributed by atoms with E-state index in [1.807, 2.05) is 0 Å². The summed E-state index contributed by atoms with van der Waals surface area (Å²) in [4.78, 5) is 75.5. The van der Waals surface area contributed by atoms with Crippen molar-refractivity contribution in [3.8, 4) is 28.4 Å². The SMILES string of the molecule is COc1ccc(-c2ccc(O)c3c2C[C@@]2(C)C[C@@]4(C)[C@H](N(C)C)C(=O)C(C(N)=O)C(=O)[C@@]4(O)C(=O)C2C3=O)cc1ON(C)C. The zero-order valence-corrected chi connectivity index (χ0v) is 25.8. The van der Waals surface area contributed by atoms with Crippen molar-refractivity contribution in [1.29, 1.82) is 0 Å². The smallest absolute Gasteiger partial charge is 0.235 e. The molecular formula is C32H37N3O9. The number of ether oxygens (including phenoxy) is 1. The number of phenols is 1. The summed E-state index contributed by atoms with van der Waals surface area (Å²) in [7, 11) is 8.03. The molecule has 0 bridgehead atoms. The molecule has 0 radical (unpaired) electrons. The number of hydrogen-bond donors (Lipinski definition) is 3. The van der Waals surface area contributed by atoms with E-state index in [4.69, 9.17) is 15.3 Å². The summed E-state index contributed by atoms with van der Waals surface area (Å²) < 4.78 is 5.43. The van der Waals surface area contributed by atoms with Crippen LogP contribution in [0, 0.1) is 22.7 Å². The van der Waals surface area contributed by atoms with Crippen molar-refractivity contribution >= 4 is 29.0 Å². The molecule has 3 aliphatic rings. The second kappa shape index (κ2) is 10.2. The maximum atomic E-state index is 14.4. The van der Waals surface area contributed by atoms with Crippen molar-refractivity contribution in [2.75, 3.05) is 35.3 Å². The van der Waals surface area contributed by atoms with Crippen LogP contribution in [0.15, 0.2) is 30.3 Å². The summed E-state index contributed by atoms with van der Waals surface area (Å²) in [6.07, 6.45) is -0.00580. The van der Waals surface area contributed by atoms with Crippen LogP contribution in [0.1, 0.15) is 36.2 Å². The number of carbonyl (C=O) groups is 5. The molecule has 5 rings (SSSR count). The average Bonchev–Trinajstić information content (AvgIpc) is 2.90. The summed E-state index contributed by atoms with van der Waals surface area (Å²) in [5.74, 6) is -8.31. The third kappa shape index (κ3) is 4.11. The van der Waals surface area contributed by atoms with Crippen LogP contribution in [0.4, 0.5) is 0 Å². The van der Waals surface area contributed by atoms with E-state index >= 15 is 0 Å². The predicted molar refractivity (Wildman–Crippen MR) is 157 cm³/mol. The minimum atomic E-state index is -2.85. The van der Waals surface area contributed by atoms with Crippen LogP contribution in [-0.4, -0.2) is 96.2 Å². The maximum Gasteiger partial charge on any atom is 0.235 e. The van der Waals surface area contributed by atoms with Gasteiger partial charge in [-0.15, -0.1) is 5.06 Å². The van der Waals surface area contributed by atoms with E-state index in [-0.39, 0.29) is 24.2 Å². The van der Waals surface area contributed by atoms with Crippen LogP contribution in [0.3, 0.4) is 0 Å². The molecule has 1 amide bonds. The molecule has 12 heteroatoms. The number of nitrogens with two attached hydrogens (primary N) is 1. The number of Topliss-reactive ketones (excluding diaryl/α,β-unsaturated/α-hetero) is 4. The largest absolute Gasteiger partial charge is 0.507 e. The van der Waals surface area contributed by atoms with Gasteiger partial charge in [-0.2, -0.15) is 0 Å². The predicted octanol–water partition coefficient (Wildman–Crippen LogP) is 1.18. The Morgan fingerprint density at radius 3 is 2.23 bits per heavy atom. The van der Waals surface area contributed by atoms with Gasteiger partial charge >= 0.3 is 0 Å². The number of methoxy groups -OCH3 is 1. The van der Waals surface area contributed by atoms with Crippen molar-refractivity contribution in [2.45, 2.75) is 38.3 Å². The topological polar surface area (TPSA) is 177 Å². The minimum absolute atomic E-state index is 0.0913. The second-order valence-corrected chi connectivity index (χ2v) is 13.0. The molecule has 2 fully saturated rings. The van der Waals surface area contributed by atoms with E-state index in [1.165, 1.54) is 30.1 Å². The number of nitrogens with zero attached hydrogens (tertiary/aromatic N) is 2. The first kappa shape index (κ1) is 31.3. The Bertz CT molecular complexity index is 1630. The van der Waals surface area contributed by atoms with Gasteiger partial charge < -0.3 is 25.5 Å². The van der Waals surface area contributed by atoms with Gasteiger partial charge in [0.2, 0.25) is 5.91 Å². The Balaban J connectivity index is 1.72. The average molecular weight is 608 g/mol. The summed E-state index contributed by atoms with van der Waals surface area (Å²) in [5.41, 5.74) is 1.32. The van der Waals surface area contributed by atoms with Gasteiger partial charge in [0.15, 0.2) is 46.2 Å². The number of amides is 1. The highest BCUT2D eigenvalue weighted by molar-refractivity contribution is 6.33. The van der Waals surface area contributed by atoms with Crippen LogP contribution in [0.25, 0.3) is 11.1 Å². The highest BCUT2D eigenvalue weighted by atomic mass is 16.7. The second-order valence-electron chi connectivity index (χ2n) is 13.0. The van der Waals surface area contributed by atoms with Gasteiger partial charge in [-0.25, -0.2) is 0 Å². The van der Waals surface area contributed by atoms with Crippen LogP contribution in [0.2, 0.25) is 0 Å². The van der Waals surface area contributed by atoms with Crippen molar-refractivity contribution in [2.24, 2.45) is 28.4 Å². The van der Waals surface area contributed by atoms with Crippen LogP contribution in [-0.2, 0) is 25.6 Å². The number of primary amides is 1. The third-order valence-corrected chi connectivity index (χ3v) is 9.63. The minimum Gasteiger partial charge on any atom is -0.507 e. The fourth-order valence-electron chi connectivity index (χ4n) is 8.10. The summed E-state index contributed by atoms with van der Waals surface area (Å²) >= 11 is 0. The van der Waals surface area contributed by atoms with E-state index in [9.17, 15) is 34.2 Å². The number of fused-ring (bicyclic) bond motifs is 3. The highest BCUT2D eigenvalue weighted by Crippen LogP contribution is 2.62. The van der Waals surface area contributed by atoms with E-state index < -0.39 is 63.3 Å². The third-order valence-electron chi connectivity index (χ3n) is 9.63. The molecule has 6 atom stereocenters. The lowest BCUT2D eigenvalue weighted by Gasteiger charge is -2.61. The molecule has 0 aromatic heterocycles. The van der Waals surface area contributed by atoms with Crippen molar-refractivity contribution in [3.63, 3.8) is 0 Å². The lowest BCUT2D eigenvalue weighted by molar-refractivity contribution is -0.203. The number of hydroxylamine groups is 2. The molecule has 2 saturated carbocycles. The fourth-order valence-corrected chi connectivity index (χ4v) is 8.10. The van der Waals surface area contributed by atoms with Gasteiger partial charge in [-0.1, -0.05) is 26.0 Å². The highest BCUT2D eigenvalue weighted by Gasteiger charge is 2.76. The Morgan fingerprint density at radius 1 is 1.00 bits per heavy atom. The van der Waals surface area contributed by atoms with Crippen LogP contribution < -0.4 is 15.3 Å². The first-order valence-corrected chi connectivity index (χ1v) is 14.2. The zero-order chi connectivity index (χ0) is 32.7. The normalized spacial score (nSPS) is 31.5. The number of aliphatic hydroxyl groups is 1. The number of ketones is 4. The summed E-state index contributed by atoms with van der Waals surface area (Å²) in [6.45, 7) is 3.19. The molecule has 44 heavy (non-hydrogen) atoms. The molecule has 12 nitrogen and oxygen atoms in total. The van der Waals surface area contributed by atoms with Gasteiger partial charge in [0.05, 0.1) is 24.6 Å². The maximum absolute atomic E-state index is 14.4. The van der Waals surface area contributed by atoms with Gasteiger partial charge in [-0.3, -0.25) is 28.9 Å². The Hall–Kier alpha value is -4.13. The zero-order valence-electron chi connectivity index (χ0n) is 25.8. The quantitative estimate of drug-likeness (QED) is 0.317. The van der Waals surface area contributed by atoms with Crippen molar-refractivity contribution in [1.82, 2.24) is 9.96 Å². The summed E-state index contributed by atoms with van der Waals surface area (Å²) in [5, 5.41) is 24.5. The van der Waals surface area contributed by atoms with Crippen LogP contribution >= 0.6 is 0 Å². The lowest BCUT2D eigenvalue weighted by Crippen LogP contribution is -2.79. The monoisotopic (exact) mass is 607 g/mol. The number of likely N-dealkylation sites (N-methyl/N-ethyl adjacent to an activating group) is 1. The first-order valence-electron chi connectivity index (χ1n) is 14.2. The molecule has 4 N–H and O–H groups in total. The standard InChI is InChI=1S/C32H37N3O9/c1-30-13-17-16(15-8-11-19(43-7)20(12-15)44-35(5)6)9-10-18(36)21(17)24(37)23(30)28(40)32(42)27(39)22(29(33)41)25(38)26(34(3)4)31(32,2)14-30/h8-12,22-23,26,36,42H,13-14H2,1-7H3,(H2,33,41)/t22?,23?,26-,30+,31+,32-/m1/s1. The van der Waals surface area contributed by atoms with Gasteiger partial charge in [0.1, 0.15) is 5.75 Å². The first-order chi connectivity index (χ1) is 20.4. The van der Waals surface area contributed by atoms with Gasteiger partial charge in [0.25, 0.3) is 0 Å². The number of aromatic hydroxyl groups is 1. The Morgan fingerprint density at radius 2 is 1.66 bits per heavy atom. The van der Waals surface area contributed by atoms with Gasteiger partial charge in [0, 0.05) is 19.5 Å². The number of phenolic OH excluding ortho intramolecular Hbond substituents is 1. The van der Waals surface area contributed by atoms with E-state index in [1.54, 1.807) is 59.4 Å². The van der Waals surface area contributed by atoms with E-state index in [2.05, 4.69) is 0 Å². The molecular weight excluding hydrogens is 570 g/mol. The number of rotatable bonds is 6. The van der Waals surface area contributed by atoms with E-state index in [0.29, 0.717) is 28.2 Å². The van der Waals surface area contributed by atoms with Crippen molar-refractivity contribution in [3.05, 3.63) is 41.5 Å². The Labute approximate surface area is 254 Å². The number of hydrogen-bond acceptors (Lipinski definition) is 11. The van der Waals surface area contributed by atoms with Crippen LogP contribution in [0.5, 0.6) is 17.2 Å². The fraction of sp³-hybridized carbons (Fsp3) is 0.469. The Kier molecular flexibility index (Phi) is 7.27. The number of carbonyl (C=O) groups excluding carboxylic acids is 5. The lowest BCUT2D eigenvalue weighted by atomic mass is 9.42. The molecule has 2 aromatic carbocycles. The molecule has 234 valence electrons. The molecule has 0 aliphatic heterocycles. The van der Waals surface area contributed by atoms with E-state index in [0.717, 1.165) is 0 Å². The van der Waals surface area contributed by atoms with Crippen molar-refractivity contribution < 1.29 is 43.8 Å².